The molecule has 4 N–H and O–H groups in total. The Kier molecular flexibility index (Phi) is 6.46. The van der Waals surface area contributed by atoms with Gasteiger partial charge in [0.15, 0.2) is 0 Å². The second-order valence-electron chi connectivity index (χ2n) is 6.66. The van der Waals surface area contributed by atoms with Crippen LogP contribution in [0.4, 0.5) is 8.78 Å². The predicted octanol–water partition coefficient (Wildman–Crippen LogP) is 1.94. The molecule has 0 radical (unpaired) electrons. The maximum Gasteiger partial charge on any atom is 0.133 e. The number of aliphatic hydroxyl groups is 2. The number of rotatable bonds is 2. The van der Waals surface area contributed by atoms with Crippen LogP contribution in [0.3, 0.4) is 0 Å². The fourth-order valence-electron chi connectivity index (χ4n) is 3.52. The van der Waals surface area contributed by atoms with E-state index >= 15 is 0 Å². The van der Waals surface area contributed by atoms with Crippen molar-refractivity contribution in [2.75, 3.05) is 27.3 Å². The quantitative estimate of drug-likeness (QED) is 0.623. The first-order valence-electron chi connectivity index (χ1n) is 8.94. The zero-order valence-corrected chi connectivity index (χ0v) is 15.8. The Morgan fingerprint density at radius 3 is 2.07 bits per heavy atom. The highest BCUT2D eigenvalue weighted by atomic mass is 19.1. The monoisotopic (exact) mass is 394 g/mol. The number of methoxy groups -OCH3 is 2. The molecule has 2 aliphatic heterocycles. The van der Waals surface area contributed by atoms with Gasteiger partial charge in [0.1, 0.15) is 23.1 Å². The molecular weight excluding hydrogens is 370 g/mol. The number of aliphatic hydroxyl groups excluding tert-OH is 2. The summed E-state index contributed by atoms with van der Waals surface area (Å²) in [6, 6.07) is 5.77. The van der Waals surface area contributed by atoms with Gasteiger partial charge in [0.25, 0.3) is 0 Å². The van der Waals surface area contributed by atoms with Gasteiger partial charge in [-0.2, -0.15) is 0 Å². The van der Waals surface area contributed by atoms with Crippen LogP contribution in [0.15, 0.2) is 24.3 Å². The molecule has 0 spiro atoms. The highest BCUT2D eigenvalue weighted by Crippen LogP contribution is 2.32. The fourth-order valence-corrected chi connectivity index (χ4v) is 3.52. The molecule has 2 heterocycles. The summed E-state index contributed by atoms with van der Waals surface area (Å²) in [7, 11) is 2.97. The molecule has 2 aromatic carbocycles. The van der Waals surface area contributed by atoms with Crippen molar-refractivity contribution in [3.63, 3.8) is 0 Å². The highest BCUT2D eigenvalue weighted by molar-refractivity contribution is 5.44. The number of ether oxygens (including phenoxy) is 2. The van der Waals surface area contributed by atoms with Crippen LogP contribution in [0.2, 0.25) is 0 Å². The van der Waals surface area contributed by atoms with Crippen molar-refractivity contribution in [2.45, 2.75) is 25.3 Å². The lowest BCUT2D eigenvalue weighted by Gasteiger charge is -2.24. The Morgan fingerprint density at radius 1 is 0.857 bits per heavy atom. The summed E-state index contributed by atoms with van der Waals surface area (Å²) in [5.74, 6) is 0.177. The van der Waals surface area contributed by atoms with E-state index in [-0.39, 0.29) is 5.82 Å². The van der Waals surface area contributed by atoms with Gasteiger partial charge in [-0.1, -0.05) is 0 Å². The maximum absolute atomic E-state index is 13.5. The van der Waals surface area contributed by atoms with Gasteiger partial charge in [-0.05, 0) is 23.3 Å². The van der Waals surface area contributed by atoms with E-state index in [0.717, 1.165) is 11.1 Å². The summed E-state index contributed by atoms with van der Waals surface area (Å²) < 4.78 is 36.6. The highest BCUT2D eigenvalue weighted by Gasteiger charge is 2.23. The molecule has 2 aromatic rings. The lowest BCUT2D eigenvalue weighted by atomic mass is 9.97. The Hall–Kier alpha value is -2.26. The molecule has 2 aliphatic rings. The van der Waals surface area contributed by atoms with Crippen molar-refractivity contribution < 1.29 is 28.5 Å². The number of hydrogen-bond acceptors (Lipinski definition) is 6. The van der Waals surface area contributed by atoms with E-state index in [2.05, 4.69) is 10.6 Å². The lowest BCUT2D eigenvalue weighted by Crippen LogP contribution is -2.28. The van der Waals surface area contributed by atoms with Crippen LogP contribution in [-0.2, 0) is 13.1 Å². The largest absolute Gasteiger partial charge is 0.497 e. The second-order valence-corrected chi connectivity index (χ2v) is 6.66. The number of halogens is 2. The van der Waals surface area contributed by atoms with Crippen molar-refractivity contribution in [2.24, 2.45) is 0 Å². The SMILES string of the molecule is COc1cc(F)c2c(c1)CNCC2O.COc1cc(F)cc2c1C(O)CNC2. The minimum atomic E-state index is -0.760. The fraction of sp³-hybridized carbons (Fsp3) is 0.400. The van der Waals surface area contributed by atoms with Crippen LogP contribution in [-0.4, -0.2) is 37.5 Å². The summed E-state index contributed by atoms with van der Waals surface area (Å²) in [5.41, 5.74) is 2.62. The third-order valence-corrected chi connectivity index (χ3v) is 4.81. The average molecular weight is 394 g/mol. The van der Waals surface area contributed by atoms with Crippen molar-refractivity contribution in [3.8, 4) is 11.5 Å². The standard InChI is InChI=1S/2C10H12FNO2/c1-14-9-3-7(11)2-6-4-12-5-8(13)10(6)9;1-14-7-2-6-4-12-5-9(13)10(6)8(11)3-7/h2-3,8,12-13H,4-5H2,1H3;2-3,9,12-13H,4-5H2,1H3. The van der Waals surface area contributed by atoms with Crippen molar-refractivity contribution in [1.29, 1.82) is 0 Å². The molecule has 0 bridgehead atoms. The maximum atomic E-state index is 13.5. The van der Waals surface area contributed by atoms with Gasteiger partial charge >= 0.3 is 0 Å². The molecule has 0 saturated carbocycles. The van der Waals surface area contributed by atoms with Crippen LogP contribution in [0, 0.1) is 11.6 Å². The number of fused-ring (bicyclic) bond motifs is 2. The van der Waals surface area contributed by atoms with Crippen molar-refractivity contribution >= 4 is 0 Å². The van der Waals surface area contributed by atoms with Gasteiger partial charge in [0.05, 0.1) is 26.4 Å². The Bertz CT molecular complexity index is 828. The molecule has 0 aromatic heterocycles. The first-order valence-corrected chi connectivity index (χ1v) is 8.94. The topological polar surface area (TPSA) is 83.0 Å². The van der Waals surface area contributed by atoms with E-state index < -0.39 is 18.0 Å². The molecule has 2 atom stereocenters. The van der Waals surface area contributed by atoms with E-state index in [0.29, 0.717) is 48.8 Å². The Labute approximate surface area is 162 Å². The summed E-state index contributed by atoms with van der Waals surface area (Å²) in [4.78, 5) is 0. The van der Waals surface area contributed by atoms with Gasteiger partial charge in [-0.3, -0.25) is 0 Å². The normalized spacial score (nSPS) is 20.4. The number of hydrogen-bond donors (Lipinski definition) is 4. The molecule has 2 unspecified atom stereocenters. The van der Waals surface area contributed by atoms with Crippen LogP contribution in [0.25, 0.3) is 0 Å². The minimum Gasteiger partial charge on any atom is -0.497 e. The van der Waals surface area contributed by atoms with Gasteiger partial charge in [-0.15, -0.1) is 0 Å². The number of β-amino-alcohol motifs (C(OH)–C–C–N with tert-alkyl or cyclic N) is 2. The molecule has 0 aliphatic carbocycles. The third-order valence-electron chi connectivity index (χ3n) is 4.81. The van der Waals surface area contributed by atoms with Gasteiger partial charge in [0, 0.05) is 49.4 Å². The molecule has 8 heteroatoms. The van der Waals surface area contributed by atoms with Crippen LogP contribution in [0.1, 0.15) is 34.5 Å². The van der Waals surface area contributed by atoms with Gasteiger partial charge in [-0.25, -0.2) is 8.78 Å². The summed E-state index contributed by atoms with van der Waals surface area (Å²) in [6.45, 7) is 2.02. The first kappa shape index (κ1) is 20.5. The third kappa shape index (κ3) is 4.25. The van der Waals surface area contributed by atoms with E-state index in [1.165, 1.54) is 32.4 Å². The molecule has 0 fully saturated rings. The van der Waals surface area contributed by atoms with E-state index in [9.17, 15) is 19.0 Å². The van der Waals surface area contributed by atoms with Crippen LogP contribution < -0.4 is 20.1 Å². The van der Waals surface area contributed by atoms with E-state index in [1.54, 1.807) is 6.07 Å². The smallest absolute Gasteiger partial charge is 0.133 e. The molecule has 4 rings (SSSR count). The number of nitrogens with one attached hydrogen (secondary N) is 2. The molecule has 6 nitrogen and oxygen atoms in total. The Morgan fingerprint density at radius 2 is 1.46 bits per heavy atom. The molecule has 0 saturated heterocycles. The lowest BCUT2D eigenvalue weighted by molar-refractivity contribution is 0.159. The van der Waals surface area contributed by atoms with E-state index in [1.807, 2.05) is 0 Å². The first-order chi connectivity index (χ1) is 13.4. The molecule has 28 heavy (non-hydrogen) atoms. The molecule has 152 valence electrons. The average Bonchev–Trinajstić information content (AvgIpc) is 2.67. The molecular formula is C20H24F2N2O4. The van der Waals surface area contributed by atoms with Crippen LogP contribution in [0.5, 0.6) is 11.5 Å². The summed E-state index contributed by atoms with van der Waals surface area (Å²) in [5, 5.41) is 25.3. The minimum absolute atomic E-state index is 0.337. The van der Waals surface area contributed by atoms with Crippen molar-refractivity contribution in [1.82, 2.24) is 10.6 Å². The zero-order valence-electron chi connectivity index (χ0n) is 15.8. The predicted molar refractivity (Wildman–Crippen MR) is 99.2 cm³/mol. The van der Waals surface area contributed by atoms with E-state index in [4.69, 9.17) is 9.47 Å². The molecule has 0 amide bonds. The number of benzene rings is 2. The van der Waals surface area contributed by atoms with Gasteiger partial charge in [0.2, 0.25) is 0 Å². The summed E-state index contributed by atoms with van der Waals surface area (Å²) >= 11 is 0. The zero-order chi connectivity index (χ0) is 20.3. The Balaban J connectivity index is 0.000000161. The van der Waals surface area contributed by atoms with Crippen molar-refractivity contribution in [3.05, 3.63) is 58.2 Å². The van der Waals surface area contributed by atoms with Crippen LogP contribution >= 0.6 is 0 Å². The van der Waals surface area contributed by atoms with Gasteiger partial charge < -0.3 is 30.3 Å². The summed E-state index contributed by atoms with van der Waals surface area (Å²) in [6.07, 6.45) is -1.38. The second kappa shape index (κ2) is 8.83.